The van der Waals surface area contributed by atoms with Gasteiger partial charge in [0.1, 0.15) is 11.6 Å². The maximum absolute atomic E-state index is 6.07. The first-order chi connectivity index (χ1) is 11.7. The molecule has 0 aliphatic rings. The molecule has 4 N–H and O–H groups in total. The molecule has 2 aromatic rings. The molecule has 0 bridgehead atoms. The summed E-state index contributed by atoms with van der Waals surface area (Å²) in [4.78, 5) is 8.50. The lowest BCUT2D eigenvalue weighted by Gasteiger charge is -2.08. The molecule has 1 aromatic heterocycles. The fourth-order valence-electron chi connectivity index (χ4n) is 2.05. The van der Waals surface area contributed by atoms with Crippen molar-refractivity contribution in [3.63, 3.8) is 0 Å². The van der Waals surface area contributed by atoms with Crippen molar-refractivity contribution in [2.24, 2.45) is 10.7 Å². The number of aliphatic imine (C=N–C) groups is 1. The monoisotopic (exact) mass is 347 g/mol. The second-order valence-corrected chi connectivity index (χ2v) is 5.50. The van der Waals surface area contributed by atoms with Gasteiger partial charge in [-0.1, -0.05) is 17.7 Å². The van der Waals surface area contributed by atoms with E-state index in [0.29, 0.717) is 23.3 Å². The third-order valence-electron chi connectivity index (χ3n) is 3.26. The molecular formula is C17H22ClN5O. The highest BCUT2D eigenvalue weighted by Gasteiger charge is 2.02. The van der Waals surface area contributed by atoms with Crippen molar-refractivity contribution in [3.05, 3.63) is 47.6 Å². The van der Waals surface area contributed by atoms with Gasteiger partial charge in [0, 0.05) is 25.0 Å². The summed E-state index contributed by atoms with van der Waals surface area (Å²) in [5, 5.41) is 6.79. The van der Waals surface area contributed by atoms with E-state index in [2.05, 4.69) is 20.6 Å². The van der Waals surface area contributed by atoms with Gasteiger partial charge in [0.05, 0.1) is 12.1 Å². The smallest absolute Gasteiger partial charge is 0.193 e. The number of ether oxygens (including phenoxy) is 1. The van der Waals surface area contributed by atoms with E-state index in [4.69, 9.17) is 22.1 Å². The van der Waals surface area contributed by atoms with Crippen molar-refractivity contribution in [1.82, 2.24) is 4.98 Å². The van der Waals surface area contributed by atoms with E-state index >= 15 is 0 Å². The minimum atomic E-state index is 0.369. The van der Waals surface area contributed by atoms with Crippen LogP contribution in [0.25, 0.3) is 0 Å². The summed E-state index contributed by atoms with van der Waals surface area (Å²) in [6.07, 6.45) is 3.69. The zero-order chi connectivity index (χ0) is 17.2. The van der Waals surface area contributed by atoms with Crippen LogP contribution in [0.3, 0.4) is 0 Å². The molecule has 0 radical (unpaired) electrons. The molecular weight excluding hydrogens is 326 g/mol. The number of hydrogen-bond donors (Lipinski definition) is 3. The van der Waals surface area contributed by atoms with Crippen LogP contribution < -0.4 is 21.1 Å². The maximum Gasteiger partial charge on any atom is 0.193 e. The molecule has 1 aromatic carbocycles. The molecule has 0 aliphatic carbocycles. The molecule has 2 rings (SSSR count). The first kappa shape index (κ1) is 17.9. The number of guanidine groups is 1. The lowest BCUT2D eigenvalue weighted by molar-refractivity contribution is 0.415. The third-order valence-corrected chi connectivity index (χ3v) is 3.56. The number of anilines is 2. The van der Waals surface area contributed by atoms with E-state index < -0.39 is 0 Å². The van der Waals surface area contributed by atoms with Crippen LogP contribution in [0.5, 0.6) is 5.75 Å². The number of nitrogens with one attached hydrogen (secondary N) is 2. The van der Waals surface area contributed by atoms with Gasteiger partial charge < -0.3 is 21.1 Å². The van der Waals surface area contributed by atoms with Crippen molar-refractivity contribution in [2.75, 3.05) is 30.8 Å². The summed E-state index contributed by atoms with van der Waals surface area (Å²) in [5.41, 5.74) is 6.65. The summed E-state index contributed by atoms with van der Waals surface area (Å²) in [6.45, 7) is 1.51. The van der Waals surface area contributed by atoms with Crippen molar-refractivity contribution < 1.29 is 4.74 Å². The number of nitrogens with two attached hydrogens (primary N) is 1. The van der Waals surface area contributed by atoms with Crippen LogP contribution in [-0.2, 0) is 0 Å². The number of hydrogen-bond acceptors (Lipinski definition) is 4. The first-order valence-corrected chi connectivity index (χ1v) is 8.12. The Morgan fingerprint density at radius 1 is 1.29 bits per heavy atom. The Bertz CT molecular complexity index is 663. The zero-order valence-electron chi connectivity index (χ0n) is 13.6. The van der Waals surface area contributed by atoms with Crippen molar-refractivity contribution >= 4 is 29.1 Å². The number of benzene rings is 1. The highest BCUT2D eigenvalue weighted by Crippen LogP contribution is 2.26. The summed E-state index contributed by atoms with van der Waals surface area (Å²) in [7, 11) is 1.58. The lowest BCUT2D eigenvalue weighted by Crippen LogP contribution is -2.22. The van der Waals surface area contributed by atoms with Gasteiger partial charge in [-0.05, 0) is 43.2 Å². The standard InChI is InChI=1S/C17H22ClN5O/c1-24-15-8-7-13(12-14(15)18)23-17(19)22-11-5-4-10-21-16-6-2-3-9-20-16/h2-3,6-9,12H,4-5,10-11H2,1H3,(H,20,21)(H3,19,22,23). The van der Waals surface area contributed by atoms with Crippen LogP contribution in [0.15, 0.2) is 47.6 Å². The predicted molar refractivity (Wildman–Crippen MR) is 100 cm³/mol. The third kappa shape index (κ3) is 5.96. The number of rotatable bonds is 8. The van der Waals surface area contributed by atoms with Gasteiger partial charge in [-0.2, -0.15) is 0 Å². The fraction of sp³-hybridized carbons (Fsp3) is 0.294. The van der Waals surface area contributed by atoms with Crippen molar-refractivity contribution in [1.29, 1.82) is 0 Å². The first-order valence-electron chi connectivity index (χ1n) is 7.74. The molecule has 0 spiro atoms. The average Bonchev–Trinajstić information content (AvgIpc) is 2.59. The molecule has 128 valence electrons. The number of unbranched alkanes of at least 4 members (excludes halogenated alkanes) is 1. The van der Waals surface area contributed by atoms with E-state index in [0.717, 1.165) is 30.9 Å². The largest absolute Gasteiger partial charge is 0.495 e. The maximum atomic E-state index is 6.07. The van der Waals surface area contributed by atoms with Crippen molar-refractivity contribution in [2.45, 2.75) is 12.8 Å². The van der Waals surface area contributed by atoms with E-state index in [1.54, 1.807) is 25.4 Å². The Hall–Kier alpha value is -2.47. The molecule has 7 heteroatoms. The summed E-state index contributed by atoms with van der Waals surface area (Å²) < 4.78 is 5.11. The summed E-state index contributed by atoms with van der Waals surface area (Å²) in [6, 6.07) is 11.2. The van der Waals surface area contributed by atoms with Gasteiger partial charge in [0.2, 0.25) is 0 Å². The molecule has 24 heavy (non-hydrogen) atoms. The predicted octanol–water partition coefficient (Wildman–Crippen LogP) is 3.36. The summed E-state index contributed by atoms with van der Waals surface area (Å²) >= 11 is 6.07. The van der Waals surface area contributed by atoms with Gasteiger partial charge in [-0.3, -0.25) is 4.99 Å². The van der Waals surface area contributed by atoms with Crippen LogP contribution in [0.4, 0.5) is 11.5 Å². The Balaban J connectivity index is 1.67. The summed E-state index contributed by atoms with van der Waals surface area (Å²) in [5.74, 6) is 1.88. The van der Waals surface area contributed by atoms with Gasteiger partial charge in [-0.15, -0.1) is 0 Å². The molecule has 0 amide bonds. The number of halogens is 1. The van der Waals surface area contributed by atoms with Crippen LogP contribution in [0.1, 0.15) is 12.8 Å². The molecule has 0 atom stereocenters. The van der Waals surface area contributed by atoms with Crippen LogP contribution in [0.2, 0.25) is 5.02 Å². The van der Waals surface area contributed by atoms with Gasteiger partial charge >= 0.3 is 0 Å². The molecule has 0 saturated carbocycles. The molecule has 0 fully saturated rings. The molecule has 1 heterocycles. The second kappa shape index (κ2) is 9.62. The Morgan fingerprint density at radius 3 is 2.88 bits per heavy atom. The highest BCUT2D eigenvalue weighted by atomic mass is 35.5. The van der Waals surface area contributed by atoms with E-state index in [1.807, 2.05) is 24.3 Å². The Labute approximate surface area is 147 Å². The molecule has 0 aliphatic heterocycles. The highest BCUT2D eigenvalue weighted by molar-refractivity contribution is 6.32. The molecule has 6 nitrogen and oxygen atoms in total. The second-order valence-electron chi connectivity index (χ2n) is 5.09. The van der Waals surface area contributed by atoms with Crippen LogP contribution in [-0.4, -0.2) is 31.1 Å². The quantitative estimate of drug-likeness (QED) is 0.387. The van der Waals surface area contributed by atoms with E-state index in [-0.39, 0.29) is 0 Å². The Morgan fingerprint density at radius 2 is 2.17 bits per heavy atom. The SMILES string of the molecule is COc1ccc(NC(N)=NCCCCNc2ccccn2)cc1Cl. The van der Waals surface area contributed by atoms with Gasteiger partial charge in [-0.25, -0.2) is 4.98 Å². The minimum Gasteiger partial charge on any atom is -0.495 e. The molecule has 0 saturated heterocycles. The topological polar surface area (TPSA) is 84.6 Å². The number of methoxy groups -OCH3 is 1. The van der Waals surface area contributed by atoms with Crippen LogP contribution in [0, 0.1) is 0 Å². The van der Waals surface area contributed by atoms with Gasteiger partial charge in [0.15, 0.2) is 5.96 Å². The normalized spacial score (nSPS) is 11.2. The zero-order valence-corrected chi connectivity index (χ0v) is 14.4. The molecule has 0 unspecified atom stereocenters. The van der Waals surface area contributed by atoms with E-state index in [9.17, 15) is 0 Å². The van der Waals surface area contributed by atoms with E-state index in [1.165, 1.54) is 0 Å². The minimum absolute atomic E-state index is 0.369. The number of pyridine rings is 1. The number of nitrogens with zero attached hydrogens (tertiary/aromatic N) is 2. The van der Waals surface area contributed by atoms with Crippen LogP contribution >= 0.6 is 11.6 Å². The van der Waals surface area contributed by atoms with Gasteiger partial charge in [0.25, 0.3) is 0 Å². The average molecular weight is 348 g/mol. The lowest BCUT2D eigenvalue weighted by atomic mass is 10.3. The van der Waals surface area contributed by atoms with Crippen molar-refractivity contribution in [3.8, 4) is 5.75 Å². The Kier molecular flexibility index (Phi) is 7.17. The number of aromatic nitrogens is 1. The fourth-order valence-corrected chi connectivity index (χ4v) is 2.31.